The van der Waals surface area contributed by atoms with Gasteiger partial charge in [-0.2, -0.15) is 0 Å². The lowest BCUT2D eigenvalue weighted by Gasteiger charge is -2.56. The van der Waals surface area contributed by atoms with Crippen LogP contribution < -0.4 is 0 Å². The van der Waals surface area contributed by atoms with E-state index in [1.807, 2.05) is 88.4 Å². The first-order chi connectivity index (χ1) is 11.4. The second kappa shape index (κ2) is 5.70. The first kappa shape index (κ1) is 16.6. The molecule has 1 aliphatic carbocycles. The summed E-state index contributed by atoms with van der Waals surface area (Å²) in [5.74, 6) is -0.0595. The van der Waals surface area contributed by atoms with Gasteiger partial charge in [0.25, 0.3) is 0 Å². The van der Waals surface area contributed by atoms with Crippen LogP contribution in [-0.2, 0) is 20.4 Å². The van der Waals surface area contributed by atoms with Crippen LogP contribution in [0.5, 0.6) is 0 Å². The molecule has 3 rings (SSSR count). The molecule has 0 radical (unpaired) electrons. The van der Waals surface area contributed by atoms with Gasteiger partial charge in [0, 0.05) is 0 Å². The lowest BCUT2D eigenvalue weighted by atomic mass is 9.40. The summed E-state index contributed by atoms with van der Waals surface area (Å²) >= 11 is 0. The number of carbonyl (C=O) groups is 2. The number of benzene rings is 2. The van der Waals surface area contributed by atoms with Crippen LogP contribution >= 0.6 is 0 Å². The molecule has 0 unspecified atom stereocenters. The van der Waals surface area contributed by atoms with E-state index in [2.05, 4.69) is 0 Å². The molecule has 0 atom stereocenters. The summed E-state index contributed by atoms with van der Waals surface area (Å²) in [4.78, 5) is 27.4. The first-order valence-electron chi connectivity index (χ1n) is 8.62. The predicted molar refractivity (Wildman–Crippen MR) is 95.9 cm³/mol. The smallest absolute Gasteiger partial charge is 0.169 e. The molecule has 24 heavy (non-hydrogen) atoms. The Labute approximate surface area is 143 Å². The molecule has 2 aromatic rings. The molecule has 0 N–H and O–H groups in total. The van der Waals surface area contributed by atoms with Gasteiger partial charge in [-0.3, -0.25) is 9.59 Å². The zero-order valence-electron chi connectivity index (χ0n) is 14.7. The van der Waals surface area contributed by atoms with Crippen molar-refractivity contribution in [1.82, 2.24) is 0 Å². The van der Waals surface area contributed by atoms with Crippen LogP contribution in [0.3, 0.4) is 0 Å². The topological polar surface area (TPSA) is 34.1 Å². The van der Waals surface area contributed by atoms with Gasteiger partial charge in [-0.15, -0.1) is 0 Å². The number of hydrogen-bond acceptors (Lipinski definition) is 2. The van der Waals surface area contributed by atoms with Crippen LogP contribution in [0.4, 0.5) is 0 Å². The Morgan fingerprint density at radius 3 is 1.12 bits per heavy atom. The van der Waals surface area contributed by atoms with E-state index in [-0.39, 0.29) is 23.4 Å². The third-order valence-corrected chi connectivity index (χ3v) is 5.62. The van der Waals surface area contributed by atoms with Crippen LogP contribution in [-0.4, -0.2) is 11.6 Å². The van der Waals surface area contributed by atoms with Crippen molar-refractivity contribution >= 4 is 11.6 Å². The maximum Gasteiger partial charge on any atom is 0.169 e. The zero-order chi connectivity index (χ0) is 17.5. The zero-order valence-corrected chi connectivity index (χ0v) is 14.7. The fourth-order valence-electron chi connectivity index (χ4n) is 4.41. The summed E-state index contributed by atoms with van der Waals surface area (Å²) in [6.07, 6.45) is 0. The van der Waals surface area contributed by atoms with Crippen LogP contribution in [0.2, 0.25) is 0 Å². The normalized spacial score (nSPS) is 26.8. The molecule has 0 bridgehead atoms. The third-order valence-electron chi connectivity index (χ3n) is 5.62. The highest BCUT2D eigenvalue weighted by atomic mass is 16.2. The molecule has 2 heteroatoms. The van der Waals surface area contributed by atoms with E-state index in [0.717, 1.165) is 11.1 Å². The Morgan fingerprint density at radius 1 is 0.583 bits per heavy atom. The van der Waals surface area contributed by atoms with Crippen molar-refractivity contribution in [2.24, 2.45) is 11.8 Å². The lowest BCUT2D eigenvalue weighted by molar-refractivity contribution is -0.162. The van der Waals surface area contributed by atoms with Crippen LogP contribution in [0, 0.1) is 11.8 Å². The van der Waals surface area contributed by atoms with E-state index in [9.17, 15) is 9.59 Å². The summed E-state index contributed by atoms with van der Waals surface area (Å²) in [6, 6.07) is 19.1. The van der Waals surface area contributed by atoms with Gasteiger partial charge in [-0.25, -0.2) is 0 Å². The molecular weight excluding hydrogens is 296 g/mol. The SMILES string of the molecule is CC(C)C1(c2ccccc2)C(=O)C(c2ccccc2)(C(C)C)C1=O. The Kier molecular flexibility index (Phi) is 3.95. The molecule has 0 amide bonds. The van der Waals surface area contributed by atoms with Crippen molar-refractivity contribution in [1.29, 1.82) is 0 Å². The van der Waals surface area contributed by atoms with E-state index in [1.54, 1.807) is 0 Å². The number of carbonyl (C=O) groups excluding carboxylic acids is 2. The van der Waals surface area contributed by atoms with E-state index in [4.69, 9.17) is 0 Å². The summed E-state index contributed by atoms with van der Waals surface area (Å²) < 4.78 is 0. The van der Waals surface area contributed by atoms with Crippen molar-refractivity contribution in [3.8, 4) is 0 Å². The Hall–Kier alpha value is -2.22. The average Bonchev–Trinajstić information content (AvgIpc) is 2.57. The molecule has 2 aromatic carbocycles. The van der Waals surface area contributed by atoms with Gasteiger partial charge < -0.3 is 0 Å². The molecule has 1 aliphatic rings. The highest BCUT2D eigenvalue weighted by Crippen LogP contribution is 2.57. The van der Waals surface area contributed by atoms with Crippen LogP contribution in [0.15, 0.2) is 60.7 Å². The van der Waals surface area contributed by atoms with Crippen LogP contribution in [0.25, 0.3) is 0 Å². The molecule has 0 aromatic heterocycles. The molecular formula is C22H24O2. The molecule has 0 heterocycles. The fourth-order valence-corrected chi connectivity index (χ4v) is 4.41. The van der Waals surface area contributed by atoms with Gasteiger partial charge >= 0.3 is 0 Å². The quantitative estimate of drug-likeness (QED) is 0.786. The third kappa shape index (κ3) is 1.83. The summed E-state index contributed by atoms with van der Waals surface area (Å²) in [6.45, 7) is 7.88. The van der Waals surface area contributed by atoms with Crippen molar-refractivity contribution in [3.05, 3.63) is 71.8 Å². The molecule has 124 valence electrons. The number of rotatable bonds is 4. The summed E-state index contributed by atoms with van der Waals surface area (Å²) in [7, 11) is 0. The highest BCUT2D eigenvalue weighted by molar-refractivity contribution is 6.38. The van der Waals surface area contributed by atoms with Gasteiger partial charge in [-0.1, -0.05) is 88.4 Å². The Morgan fingerprint density at radius 2 is 0.875 bits per heavy atom. The molecule has 0 aliphatic heterocycles. The number of Topliss-reactive ketones (excluding diaryl/α,β-unsaturated/α-hetero) is 2. The summed E-state index contributed by atoms with van der Waals surface area (Å²) in [5.41, 5.74) is -0.410. The van der Waals surface area contributed by atoms with Crippen molar-refractivity contribution < 1.29 is 9.59 Å². The minimum absolute atomic E-state index is 0.0439. The van der Waals surface area contributed by atoms with Gasteiger partial charge in [0.1, 0.15) is 10.8 Å². The van der Waals surface area contributed by atoms with Gasteiger partial charge in [0.2, 0.25) is 0 Å². The molecule has 1 saturated carbocycles. The predicted octanol–water partition coefficient (Wildman–Crippen LogP) is 4.33. The minimum Gasteiger partial charge on any atom is -0.297 e. The van der Waals surface area contributed by atoms with E-state index < -0.39 is 10.8 Å². The molecule has 1 fully saturated rings. The Bertz CT molecular complexity index is 678. The second-order valence-corrected chi connectivity index (χ2v) is 7.32. The van der Waals surface area contributed by atoms with Crippen LogP contribution in [0.1, 0.15) is 38.8 Å². The highest BCUT2D eigenvalue weighted by Gasteiger charge is 2.74. The summed E-state index contributed by atoms with van der Waals surface area (Å²) in [5, 5.41) is 0. The van der Waals surface area contributed by atoms with Gasteiger partial charge in [0.15, 0.2) is 11.6 Å². The van der Waals surface area contributed by atoms with Crippen molar-refractivity contribution in [2.45, 2.75) is 38.5 Å². The lowest BCUT2D eigenvalue weighted by Crippen LogP contribution is -2.75. The largest absolute Gasteiger partial charge is 0.297 e. The Balaban J connectivity index is 2.22. The average molecular weight is 320 g/mol. The van der Waals surface area contributed by atoms with E-state index in [0.29, 0.717) is 0 Å². The number of ketones is 2. The van der Waals surface area contributed by atoms with E-state index in [1.165, 1.54) is 0 Å². The number of hydrogen-bond donors (Lipinski definition) is 0. The maximum absolute atomic E-state index is 13.7. The standard InChI is InChI=1S/C22H24O2/c1-15(2)21(17-11-7-5-8-12-17)19(23)22(16(3)4,20(21)24)18-13-9-6-10-14-18/h5-16H,1-4H3. The van der Waals surface area contributed by atoms with E-state index >= 15 is 0 Å². The maximum atomic E-state index is 13.7. The minimum atomic E-state index is -1.03. The molecule has 2 nitrogen and oxygen atoms in total. The van der Waals surface area contributed by atoms with Gasteiger partial charge in [-0.05, 0) is 23.0 Å². The monoisotopic (exact) mass is 320 g/mol. The van der Waals surface area contributed by atoms with Crippen molar-refractivity contribution in [2.75, 3.05) is 0 Å². The first-order valence-corrected chi connectivity index (χ1v) is 8.62. The molecule has 0 saturated heterocycles. The van der Waals surface area contributed by atoms with Crippen molar-refractivity contribution in [3.63, 3.8) is 0 Å². The molecule has 0 spiro atoms. The van der Waals surface area contributed by atoms with Gasteiger partial charge in [0.05, 0.1) is 0 Å². The second-order valence-electron chi connectivity index (χ2n) is 7.32. The fraction of sp³-hybridized carbons (Fsp3) is 0.364.